The number of carboxylic acids is 1. The lowest BCUT2D eigenvalue weighted by molar-refractivity contribution is -0.136. The molecule has 1 aromatic heterocycles. The molecule has 1 heterocycles. The second-order valence-corrected chi connectivity index (χ2v) is 4.97. The summed E-state index contributed by atoms with van der Waals surface area (Å²) in [5.74, 6) is -0.771. The first-order chi connectivity index (χ1) is 7.58. The van der Waals surface area contributed by atoms with Gasteiger partial charge >= 0.3 is 5.97 Å². The summed E-state index contributed by atoms with van der Waals surface area (Å²) in [7, 11) is 0. The minimum Gasteiger partial charge on any atom is -0.481 e. The van der Waals surface area contributed by atoms with Gasteiger partial charge in [-0.25, -0.2) is 4.98 Å². The highest BCUT2D eigenvalue weighted by molar-refractivity contribution is 7.18. The summed E-state index contributed by atoms with van der Waals surface area (Å²) >= 11 is 1.59. The second-order valence-electron chi connectivity index (χ2n) is 3.86. The normalized spacial score (nSPS) is 10.9. The zero-order valence-electron chi connectivity index (χ0n) is 9.28. The van der Waals surface area contributed by atoms with Gasteiger partial charge < -0.3 is 5.11 Å². The molecule has 0 aliphatic heterocycles. The molecule has 0 radical (unpaired) electrons. The van der Waals surface area contributed by atoms with E-state index >= 15 is 0 Å². The molecule has 0 saturated carbocycles. The molecule has 0 atom stereocenters. The Balaban J connectivity index is 2.36. The molecule has 0 fully saturated rings. The predicted octanol–water partition coefficient (Wildman–Crippen LogP) is 2.93. The zero-order chi connectivity index (χ0) is 11.7. The van der Waals surface area contributed by atoms with Crippen molar-refractivity contribution >= 4 is 27.5 Å². The summed E-state index contributed by atoms with van der Waals surface area (Å²) in [4.78, 5) is 15.0. The van der Waals surface area contributed by atoms with E-state index in [1.807, 2.05) is 0 Å². The monoisotopic (exact) mass is 235 g/mol. The Morgan fingerprint density at radius 3 is 2.88 bits per heavy atom. The van der Waals surface area contributed by atoms with E-state index in [4.69, 9.17) is 5.11 Å². The fourth-order valence-corrected chi connectivity index (χ4v) is 2.62. The molecule has 0 aliphatic rings. The molecule has 0 aliphatic carbocycles. The standard InChI is InChI=1S/C12H13NO2S/c1-7-3-4-9-12(8(7)2)13-10(16-9)5-6-11(14)15/h3-4H,5-6H2,1-2H3,(H,14,15). The summed E-state index contributed by atoms with van der Waals surface area (Å²) in [6, 6.07) is 4.14. The smallest absolute Gasteiger partial charge is 0.303 e. The van der Waals surface area contributed by atoms with Gasteiger partial charge in [0.05, 0.1) is 21.6 Å². The van der Waals surface area contributed by atoms with Crippen LogP contribution in [0.5, 0.6) is 0 Å². The van der Waals surface area contributed by atoms with E-state index in [0.717, 1.165) is 15.2 Å². The molecule has 16 heavy (non-hydrogen) atoms. The van der Waals surface area contributed by atoms with Crippen LogP contribution in [0.15, 0.2) is 12.1 Å². The minimum atomic E-state index is -0.771. The zero-order valence-corrected chi connectivity index (χ0v) is 10.1. The molecule has 2 aromatic rings. The highest BCUT2D eigenvalue weighted by Gasteiger charge is 2.08. The van der Waals surface area contributed by atoms with Gasteiger partial charge in [-0.3, -0.25) is 4.79 Å². The molecule has 4 heteroatoms. The molecule has 84 valence electrons. The average Bonchev–Trinajstić information content (AvgIpc) is 2.64. The van der Waals surface area contributed by atoms with E-state index in [0.29, 0.717) is 6.42 Å². The molecule has 0 saturated heterocycles. The van der Waals surface area contributed by atoms with Crippen molar-refractivity contribution in [2.75, 3.05) is 0 Å². The Morgan fingerprint density at radius 1 is 1.44 bits per heavy atom. The number of nitrogens with zero attached hydrogens (tertiary/aromatic N) is 1. The van der Waals surface area contributed by atoms with Crippen LogP contribution in [0, 0.1) is 13.8 Å². The topological polar surface area (TPSA) is 50.2 Å². The lowest BCUT2D eigenvalue weighted by atomic mass is 10.1. The Kier molecular flexibility index (Phi) is 2.92. The Morgan fingerprint density at radius 2 is 2.19 bits per heavy atom. The average molecular weight is 235 g/mol. The lowest BCUT2D eigenvalue weighted by Gasteiger charge is -1.98. The first-order valence-electron chi connectivity index (χ1n) is 5.15. The van der Waals surface area contributed by atoms with E-state index in [1.165, 1.54) is 11.1 Å². The molecule has 0 amide bonds. The van der Waals surface area contributed by atoms with E-state index in [2.05, 4.69) is 31.0 Å². The minimum absolute atomic E-state index is 0.151. The fourth-order valence-electron chi connectivity index (χ4n) is 1.59. The number of hydrogen-bond donors (Lipinski definition) is 1. The summed E-state index contributed by atoms with van der Waals surface area (Å²) < 4.78 is 1.14. The van der Waals surface area contributed by atoms with Crippen molar-refractivity contribution in [3.05, 3.63) is 28.3 Å². The SMILES string of the molecule is Cc1ccc2sc(CCC(=O)O)nc2c1C. The number of aliphatic carboxylic acids is 1. The predicted molar refractivity (Wildman–Crippen MR) is 65.1 cm³/mol. The highest BCUT2D eigenvalue weighted by atomic mass is 32.1. The lowest BCUT2D eigenvalue weighted by Crippen LogP contribution is -1.96. The number of fused-ring (bicyclic) bond motifs is 1. The number of benzene rings is 1. The van der Waals surface area contributed by atoms with Gasteiger partial charge in [-0.15, -0.1) is 11.3 Å². The first kappa shape index (κ1) is 11.1. The molecule has 0 bridgehead atoms. The van der Waals surface area contributed by atoms with Gasteiger partial charge in [0.2, 0.25) is 0 Å². The van der Waals surface area contributed by atoms with Gasteiger partial charge in [0, 0.05) is 6.42 Å². The van der Waals surface area contributed by atoms with Crippen molar-refractivity contribution in [3.63, 3.8) is 0 Å². The maximum atomic E-state index is 10.5. The van der Waals surface area contributed by atoms with Gasteiger partial charge in [0.1, 0.15) is 0 Å². The van der Waals surface area contributed by atoms with Gasteiger partial charge in [0.15, 0.2) is 0 Å². The summed E-state index contributed by atoms with van der Waals surface area (Å²) in [6.45, 7) is 4.11. The molecule has 0 spiro atoms. The third-order valence-corrected chi connectivity index (χ3v) is 3.76. The first-order valence-corrected chi connectivity index (χ1v) is 5.97. The second kappa shape index (κ2) is 4.22. The Hall–Kier alpha value is -1.42. The summed E-state index contributed by atoms with van der Waals surface area (Å²) in [6.07, 6.45) is 0.672. The molecule has 0 unspecified atom stereocenters. The van der Waals surface area contributed by atoms with Crippen LogP contribution in [0.3, 0.4) is 0 Å². The van der Waals surface area contributed by atoms with E-state index in [1.54, 1.807) is 11.3 Å². The molecule has 3 nitrogen and oxygen atoms in total. The Bertz CT molecular complexity index is 545. The maximum Gasteiger partial charge on any atom is 0.303 e. The van der Waals surface area contributed by atoms with Gasteiger partial charge in [-0.2, -0.15) is 0 Å². The number of carboxylic acid groups (broad SMARTS) is 1. The van der Waals surface area contributed by atoms with E-state index in [-0.39, 0.29) is 6.42 Å². The molecule has 1 N–H and O–H groups in total. The summed E-state index contributed by atoms with van der Waals surface area (Å²) in [5, 5.41) is 9.53. The Labute approximate surface area is 97.8 Å². The largest absolute Gasteiger partial charge is 0.481 e. The van der Waals surface area contributed by atoms with Crippen LogP contribution in [0.4, 0.5) is 0 Å². The van der Waals surface area contributed by atoms with Crippen LogP contribution in [-0.2, 0) is 11.2 Å². The quantitative estimate of drug-likeness (QED) is 0.889. The molecule has 1 aromatic carbocycles. The van der Waals surface area contributed by atoms with Crippen molar-refractivity contribution in [2.24, 2.45) is 0 Å². The van der Waals surface area contributed by atoms with Crippen molar-refractivity contribution in [1.82, 2.24) is 4.98 Å². The number of aryl methyl sites for hydroxylation is 3. The van der Waals surface area contributed by atoms with Gasteiger partial charge in [-0.05, 0) is 31.0 Å². The summed E-state index contributed by atoms with van der Waals surface area (Å²) in [5.41, 5.74) is 3.43. The van der Waals surface area contributed by atoms with Crippen LogP contribution < -0.4 is 0 Å². The van der Waals surface area contributed by atoms with Crippen LogP contribution in [0.2, 0.25) is 0 Å². The van der Waals surface area contributed by atoms with E-state index in [9.17, 15) is 4.79 Å². The number of carbonyl (C=O) groups is 1. The third kappa shape index (κ3) is 2.07. The van der Waals surface area contributed by atoms with Crippen molar-refractivity contribution in [3.8, 4) is 0 Å². The number of hydrogen-bond acceptors (Lipinski definition) is 3. The third-order valence-electron chi connectivity index (χ3n) is 2.68. The van der Waals surface area contributed by atoms with Crippen LogP contribution in [0.1, 0.15) is 22.6 Å². The maximum absolute atomic E-state index is 10.5. The van der Waals surface area contributed by atoms with Crippen LogP contribution in [-0.4, -0.2) is 16.1 Å². The van der Waals surface area contributed by atoms with Crippen molar-refractivity contribution in [1.29, 1.82) is 0 Å². The van der Waals surface area contributed by atoms with Crippen molar-refractivity contribution in [2.45, 2.75) is 26.7 Å². The number of thiazole rings is 1. The number of aromatic nitrogens is 1. The number of rotatable bonds is 3. The highest BCUT2D eigenvalue weighted by Crippen LogP contribution is 2.27. The van der Waals surface area contributed by atoms with Gasteiger partial charge in [0.25, 0.3) is 0 Å². The van der Waals surface area contributed by atoms with Crippen LogP contribution in [0.25, 0.3) is 10.2 Å². The van der Waals surface area contributed by atoms with Crippen molar-refractivity contribution < 1.29 is 9.90 Å². The van der Waals surface area contributed by atoms with Gasteiger partial charge in [-0.1, -0.05) is 6.07 Å². The fraction of sp³-hybridized carbons (Fsp3) is 0.333. The molecular formula is C12H13NO2S. The van der Waals surface area contributed by atoms with Crippen LogP contribution >= 0.6 is 11.3 Å². The van der Waals surface area contributed by atoms with E-state index < -0.39 is 5.97 Å². The molecular weight excluding hydrogens is 222 g/mol. The molecule has 2 rings (SSSR count).